The largest absolute Gasteiger partial charge is 0.486 e. The molecule has 0 amide bonds. The van der Waals surface area contributed by atoms with Gasteiger partial charge in [-0.05, 0) is 74.2 Å². The van der Waals surface area contributed by atoms with E-state index in [1.54, 1.807) is 11.3 Å². The molecule has 1 aliphatic heterocycles. The molecule has 0 bridgehead atoms. The highest BCUT2D eigenvalue weighted by Crippen LogP contribution is 2.30. The van der Waals surface area contributed by atoms with Crippen LogP contribution in [0.1, 0.15) is 29.2 Å². The van der Waals surface area contributed by atoms with Gasteiger partial charge in [-0.1, -0.05) is 6.07 Å². The highest BCUT2D eigenvalue weighted by atomic mass is 32.1. The summed E-state index contributed by atoms with van der Waals surface area (Å²) >= 11 is 1.61. The van der Waals surface area contributed by atoms with Gasteiger partial charge in [0.15, 0.2) is 11.5 Å². The summed E-state index contributed by atoms with van der Waals surface area (Å²) in [5.74, 6) is 1.55. The maximum Gasteiger partial charge on any atom is 0.206 e. The minimum atomic E-state index is 0.572. The van der Waals surface area contributed by atoms with Crippen LogP contribution in [0.5, 0.6) is 11.5 Å². The Labute approximate surface area is 175 Å². The molecular formula is C23H25N3O2S. The Morgan fingerprint density at radius 1 is 1.00 bits per heavy atom. The fourth-order valence-corrected chi connectivity index (χ4v) is 4.23. The zero-order valence-electron chi connectivity index (χ0n) is 17.2. The second-order valence-electron chi connectivity index (χ2n) is 7.09. The number of fused-ring (bicyclic) bond motifs is 1. The van der Waals surface area contributed by atoms with Crippen LogP contribution in [0.2, 0.25) is 0 Å². The van der Waals surface area contributed by atoms with Crippen molar-refractivity contribution in [2.75, 3.05) is 19.8 Å². The summed E-state index contributed by atoms with van der Waals surface area (Å²) in [6.07, 6.45) is 1.85. The lowest BCUT2D eigenvalue weighted by atomic mass is 9.99. The molecule has 29 heavy (non-hydrogen) atoms. The topological polar surface area (TPSA) is 48.1 Å². The number of thiazole rings is 1. The van der Waals surface area contributed by atoms with Gasteiger partial charge in [-0.3, -0.25) is 4.99 Å². The molecule has 0 radical (unpaired) electrons. The summed E-state index contributed by atoms with van der Waals surface area (Å²) < 4.78 is 13.2. The normalized spacial score (nSPS) is 14.0. The van der Waals surface area contributed by atoms with Crippen LogP contribution in [0, 0.1) is 20.8 Å². The molecule has 2 aromatic carbocycles. The van der Waals surface area contributed by atoms with Crippen LogP contribution >= 0.6 is 11.3 Å². The maximum atomic E-state index is 5.69. The average Bonchev–Trinajstić information content (AvgIpc) is 3.11. The van der Waals surface area contributed by atoms with Crippen LogP contribution < -0.4 is 14.3 Å². The zero-order chi connectivity index (χ0) is 20.4. The first kappa shape index (κ1) is 19.5. The Hall–Kier alpha value is -2.86. The number of rotatable bonds is 4. The van der Waals surface area contributed by atoms with E-state index in [2.05, 4.69) is 43.3 Å². The Bertz CT molecular complexity index is 1140. The molecule has 150 valence electrons. The van der Waals surface area contributed by atoms with Gasteiger partial charge in [0.2, 0.25) is 4.80 Å². The number of aryl methyl sites for hydroxylation is 3. The molecule has 0 aliphatic carbocycles. The molecule has 0 atom stereocenters. The first-order valence-corrected chi connectivity index (χ1v) is 10.7. The number of aromatic nitrogens is 1. The number of hydrogen-bond donors (Lipinski definition) is 0. The molecule has 0 saturated carbocycles. The third-order valence-electron chi connectivity index (χ3n) is 4.98. The fourth-order valence-electron chi connectivity index (χ4n) is 3.34. The summed E-state index contributed by atoms with van der Waals surface area (Å²) in [6.45, 7) is 10.3. The molecule has 5 nitrogen and oxygen atoms in total. The predicted molar refractivity (Wildman–Crippen MR) is 118 cm³/mol. The Morgan fingerprint density at radius 3 is 2.55 bits per heavy atom. The summed E-state index contributed by atoms with van der Waals surface area (Å²) in [4.78, 5) is 5.51. The lowest BCUT2D eigenvalue weighted by molar-refractivity contribution is 0.171. The van der Waals surface area contributed by atoms with E-state index in [4.69, 9.17) is 14.6 Å². The smallest absolute Gasteiger partial charge is 0.206 e. The van der Waals surface area contributed by atoms with Gasteiger partial charge in [-0.15, -0.1) is 11.3 Å². The molecule has 3 aromatic rings. The summed E-state index contributed by atoms with van der Waals surface area (Å²) in [6, 6.07) is 10.3. The van der Waals surface area contributed by atoms with Gasteiger partial charge in [0.1, 0.15) is 13.2 Å². The molecule has 0 fully saturated rings. The Kier molecular flexibility index (Phi) is 5.53. The van der Waals surface area contributed by atoms with Crippen molar-refractivity contribution in [3.05, 3.63) is 62.8 Å². The average molecular weight is 408 g/mol. The molecule has 1 aliphatic rings. The molecular weight excluding hydrogens is 382 g/mol. The van der Waals surface area contributed by atoms with Crippen LogP contribution in [-0.2, 0) is 0 Å². The molecule has 0 spiro atoms. The SMILES string of the molecule is CCN=c1scc(-c2cc(C)c(C)cc2C)n1N=Cc1ccc2c(c1)OCCO2. The lowest BCUT2D eigenvalue weighted by Gasteiger charge is -2.18. The van der Waals surface area contributed by atoms with Crippen molar-refractivity contribution in [3.63, 3.8) is 0 Å². The van der Waals surface area contributed by atoms with Gasteiger partial charge in [0.25, 0.3) is 0 Å². The number of ether oxygens (including phenoxy) is 2. The standard InChI is InChI=1S/C23H25N3O2S/c1-5-24-23-26(20(14-29-23)19-11-16(3)15(2)10-17(19)4)25-13-18-6-7-21-22(12-18)28-9-8-27-21/h6-7,10-14H,5,8-9H2,1-4H3. The van der Waals surface area contributed by atoms with Crippen LogP contribution in [0.4, 0.5) is 0 Å². The van der Waals surface area contributed by atoms with Gasteiger partial charge in [-0.2, -0.15) is 5.10 Å². The van der Waals surface area contributed by atoms with E-state index < -0.39 is 0 Å². The van der Waals surface area contributed by atoms with Crippen LogP contribution in [-0.4, -0.2) is 30.6 Å². The van der Waals surface area contributed by atoms with Crippen molar-refractivity contribution in [3.8, 4) is 22.8 Å². The second kappa shape index (κ2) is 8.25. The first-order valence-electron chi connectivity index (χ1n) is 9.80. The summed E-state index contributed by atoms with van der Waals surface area (Å²) in [5, 5.41) is 6.92. The van der Waals surface area contributed by atoms with Crippen LogP contribution in [0.3, 0.4) is 0 Å². The number of hydrogen-bond acceptors (Lipinski definition) is 5. The summed E-state index contributed by atoms with van der Waals surface area (Å²) in [5.41, 5.74) is 6.99. The second-order valence-corrected chi connectivity index (χ2v) is 7.93. The lowest BCUT2D eigenvalue weighted by Crippen LogP contribution is -2.15. The Balaban J connectivity index is 1.77. The minimum absolute atomic E-state index is 0.572. The zero-order valence-corrected chi connectivity index (χ0v) is 18.0. The van der Waals surface area contributed by atoms with E-state index in [0.717, 1.165) is 27.6 Å². The molecule has 6 heteroatoms. The van der Waals surface area contributed by atoms with Gasteiger partial charge in [0.05, 0.1) is 11.9 Å². The van der Waals surface area contributed by atoms with E-state index in [-0.39, 0.29) is 0 Å². The molecule has 0 saturated heterocycles. The predicted octanol–water partition coefficient (Wildman–Crippen LogP) is 4.72. The van der Waals surface area contributed by atoms with Crippen molar-refractivity contribution in [1.82, 2.24) is 4.68 Å². The van der Waals surface area contributed by atoms with Crippen molar-refractivity contribution in [2.24, 2.45) is 10.1 Å². The molecule has 2 heterocycles. The van der Waals surface area contributed by atoms with E-state index in [9.17, 15) is 0 Å². The van der Waals surface area contributed by atoms with E-state index >= 15 is 0 Å². The number of nitrogens with zero attached hydrogens (tertiary/aromatic N) is 3. The fraction of sp³-hybridized carbons (Fsp3) is 0.304. The van der Waals surface area contributed by atoms with Gasteiger partial charge < -0.3 is 9.47 Å². The third kappa shape index (κ3) is 3.98. The molecule has 4 rings (SSSR count). The highest BCUT2D eigenvalue weighted by Gasteiger charge is 2.13. The monoisotopic (exact) mass is 407 g/mol. The van der Waals surface area contributed by atoms with Gasteiger partial charge >= 0.3 is 0 Å². The third-order valence-corrected chi connectivity index (χ3v) is 5.84. The van der Waals surface area contributed by atoms with Crippen LogP contribution in [0.25, 0.3) is 11.3 Å². The van der Waals surface area contributed by atoms with Crippen molar-refractivity contribution < 1.29 is 9.47 Å². The summed E-state index contributed by atoms with van der Waals surface area (Å²) in [7, 11) is 0. The van der Waals surface area contributed by atoms with Crippen molar-refractivity contribution >= 4 is 17.6 Å². The van der Waals surface area contributed by atoms with Gasteiger partial charge in [-0.25, -0.2) is 4.68 Å². The van der Waals surface area contributed by atoms with E-state index in [1.165, 1.54) is 22.3 Å². The van der Waals surface area contributed by atoms with Crippen molar-refractivity contribution in [2.45, 2.75) is 27.7 Å². The van der Waals surface area contributed by atoms with Gasteiger partial charge in [0, 0.05) is 17.5 Å². The van der Waals surface area contributed by atoms with E-state index in [1.807, 2.05) is 36.0 Å². The van der Waals surface area contributed by atoms with E-state index in [0.29, 0.717) is 19.8 Å². The molecule has 0 N–H and O–H groups in total. The number of benzene rings is 2. The minimum Gasteiger partial charge on any atom is -0.486 e. The molecule has 0 unspecified atom stereocenters. The molecule has 1 aromatic heterocycles. The van der Waals surface area contributed by atoms with Crippen molar-refractivity contribution in [1.29, 1.82) is 0 Å². The first-order chi connectivity index (χ1) is 14.1. The highest BCUT2D eigenvalue weighted by molar-refractivity contribution is 7.07. The van der Waals surface area contributed by atoms with Crippen LogP contribution in [0.15, 0.2) is 45.8 Å². The Morgan fingerprint density at radius 2 is 1.76 bits per heavy atom. The maximum absolute atomic E-state index is 5.69. The quantitative estimate of drug-likeness (QED) is 0.588.